The molecule has 0 N–H and O–H groups in total. The van der Waals surface area contributed by atoms with Crippen LogP contribution in [0.5, 0.6) is 0 Å². The van der Waals surface area contributed by atoms with Crippen LogP contribution >= 0.6 is 11.8 Å². The molecular formula is C15H21BF2N2OS. The van der Waals surface area contributed by atoms with Crippen LogP contribution in [-0.2, 0) is 4.74 Å². The van der Waals surface area contributed by atoms with Crippen LogP contribution in [0.1, 0.15) is 51.4 Å². The topological polar surface area (TPSA) is 15.5 Å². The molecule has 3 fully saturated rings. The highest BCUT2D eigenvalue weighted by Gasteiger charge is 2.64. The van der Waals surface area contributed by atoms with Crippen LogP contribution in [0.2, 0.25) is 0 Å². The Morgan fingerprint density at radius 1 is 1.14 bits per heavy atom. The summed E-state index contributed by atoms with van der Waals surface area (Å²) in [5, 5.41) is 1.10. The van der Waals surface area contributed by atoms with Gasteiger partial charge >= 0.3 is 6.97 Å². The van der Waals surface area contributed by atoms with Crippen molar-refractivity contribution >= 4 is 23.8 Å². The minimum Gasteiger partial charge on any atom is -0.477 e. The molecule has 7 heteroatoms. The van der Waals surface area contributed by atoms with Gasteiger partial charge in [0.25, 0.3) is 0 Å². The fourth-order valence-corrected chi connectivity index (χ4v) is 6.62. The maximum Gasteiger partial charge on any atom is 0.731 e. The molecule has 5 aliphatic rings. The zero-order valence-electron chi connectivity index (χ0n) is 12.6. The first kappa shape index (κ1) is 13.7. The highest BCUT2D eigenvalue weighted by atomic mass is 32.2. The predicted octanol–water partition coefficient (Wildman–Crippen LogP) is 3.33. The van der Waals surface area contributed by atoms with Crippen LogP contribution in [0.25, 0.3) is 0 Å². The maximum atomic E-state index is 15.4. The number of halogens is 2. The average molecular weight is 326 g/mol. The summed E-state index contributed by atoms with van der Waals surface area (Å²) in [6.07, 6.45) is 10.00. The molecule has 0 aromatic rings. The molecule has 1 saturated heterocycles. The Hall–Kier alpha value is -0.715. The van der Waals surface area contributed by atoms with E-state index in [1.165, 1.54) is 15.7 Å². The smallest absolute Gasteiger partial charge is 0.477 e. The Kier molecular flexibility index (Phi) is 2.89. The van der Waals surface area contributed by atoms with E-state index in [4.69, 9.17) is 4.74 Å². The van der Waals surface area contributed by atoms with Crippen molar-refractivity contribution in [1.29, 1.82) is 0 Å². The normalized spacial score (nSPS) is 42.1. The third-order valence-electron chi connectivity index (χ3n) is 6.02. The molecule has 3 aliphatic heterocycles. The van der Waals surface area contributed by atoms with Gasteiger partial charge in [-0.05, 0) is 32.1 Å². The molecule has 3 heterocycles. The Morgan fingerprint density at radius 3 is 2.82 bits per heavy atom. The number of hydrogen-bond acceptors (Lipinski definition) is 3. The molecule has 120 valence electrons. The van der Waals surface area contributed by atoms with E-state index >= 15 is 8.63 Å². The number of rotatable bonds is 0. The summed E-state index contributed by atoms with van der Waals surface area (Å²) in [5.74, 6) is 0.444. The van der Waals surface area contributed by atoms with Crippen molar-refractivity contribution in [3.63, 3.8) is 0 Å². The van der Waals surface area contributed by atoms with Gasteiger partial charge in [0.15, 0.2) is 10.9 Å². The lowest BCUT2D eigenvalue weighted by Gasteiger charge is -2.41. The fourth-order valence-electron chi connectivity index (χ4n) is 5.05. The monoisotopic (exact) mass is 326 g/mol. The number of hydrogen-bond donors (Lipinski definition) is 0. The SMILES string of the molecule is F[B-]1(F)N2C(=CC3=[N+]1C1CCCCC1S3)OC1CCCCC12. The third kappa shape index (κ3) is 1.72. The number of ether oxygens (including phenoxy) is 1. The quantitative estimate of drug-likeness (QED) is 0.635. The van der Waals surface area contributed by atoms with Crippen LogP contribution in [0, 0.1) is 0 Å². The molecule has 3 nitrogen and oxygen atoms in total. The van der Waals surface area contributed by atoms with Crippen molar-refractivity contribution in [1.82, 2.24) is 4.81 Å². The van der Waals surface area contributed by atoms with Crippen LogP contribution in [0.15, 0.2) is 12.0 Å². The van der Waals surface area contributed by atoms with Crippen LogP contribution in [0.3, 0.4) is 0 Å². The van der Waals surface area contributed by atoms with Crippen molar-refractivity contribution in [2.24, 2.45) is 0 Å². The van der Waals surface area contributed by atoms with Crippen molar-refractivity contribution < 1.29 is 17.9 Å². The van der Waals surface area contributed by atoms with Gasteiger partial charge in [-0.2, -0.15) is 0 Å². The second-order valence-corrected chi connectivity index (χ2v) is 8.50. The van der Waals surface area contributed by atoms with E-state index in [-0.39, 0.29) is 18.2 Å². The second-order valence-electron chi connectivity index (χ2n) is 7.24. The summed E-state index contributed by atoms with van der Waals surface area (Å²) in [6.45, 7) is -3.70. The minimum absolute atomic E-state index is 0.0178. The lowest BCUT2D eigenvalue weighted by atomic mass is 9.80. The van der Waals surface area contributed by atoms with Gasteiger partial charge < -0.3 is 22.7 Å². The van der Waals surface area contributed by atoms with Gasteiger partial charge in [0.1, 0.15) is 12.1 Å². The van der Waals surface area contributed by atoms with E-state index in [9.17, 15) is 0 Å². The van der Waals surface area contributed by atoms with Gasteiger partial charge in [0, 0.05) is 12.5 Å². The lowest BCUT2D eigenvalue weighted by molar-refractivity contribution is -0.474. The third-order valence-corrected chi connectivity index (χ3v) is 7.44. The molecular weight excluding hydrogens is 305 g/mol. The number of fused-ring (bicyclic) bond motifs is 5. The largest absolute Gasteiger partial charge is 0.731 e. The molecule has 4 unspecified atom stereocenters. The highest BCUT2D eigenvalue weighted by molar-refractivity contribution is 8.14. The Morgan fingerprint density at radius 2 is 1.91 bits per heavy atom. The molecule has 4 atom stereocenters. The van der Waals surface area contributed by atoms with Crippen molar-refractivity contribution in [3.8, 4) is 0 Å². The molecule has 2 aliphatic carbocycles. The van der Waals surface area contributed by atoms with Gasteiger partial charge in [-0.15, -0.1) is 0 Å². The van der Waals surface area contributed by atoms with Gasteiger partial charge in [-0.1, -0.05) is 24.6 Å². The maximum absolute atomic E-state index is 15.4. The molecule has 0 spiro atoms. The average Bonchev–Trinajstić information content (AvgIpc) is 3.05. The summed E-state index contributed by atoms with van der Waals surface area (Å²) < 4.78 is 38.2. The van der Waals surface area contributed by atoms with Gasteiger partial charge in [0.2, 0.25) is 0 Å². The van der Waals surface area contributed by atoms with Crippen LogP contribution in [-0.4, -0.2) is 44.7 Å². The first-order valence-corrected chi connectivity index (χ1v) is 9.55. The summed E-state index contributed by atoms with van der Waals surface area (Å²) >= 11 is 1.66. The van der Waals surface area contributed by atoms with Gasteiger partial charge in [-0.25, -0.2) is 0 Å². The number of nitrogens with zero attached hydrogens (tertiary/aromatic N) is 2. The molecule has 22 heavy (non-hydrogen) atoms. The first-order valence-electron chi connectivity index (χ1n) is 8.67. The summed E-state index contributed by atoms with van der Waals surface area (Å²) in [6, 6.07) is -0.103. The van der Waals surface area contributed by atoms with Gasteiger partial charge in [-0.3, -0.25) is 0 Å². The van der Waals surface area contributed by atoms with Gasteiger partial charge in [0.05, 0.1) is 11.3 Å². The van der Waals surface area contributed by atoms with E-state index < -0.39 is 6.97 Å². The Balaban J connectivity index is 1.56. The minimum atomic E-state index is -3.70. The predicted molar refractivity (Wildman–Crippen MR) is 83.9 cm³/mol. The zero-order chi connectivity index (χ0) is 14.9. The summed E-state index contributed by atoms with van der Waals surface area (Å²) in [4.78, 5) is 1.37. The molecule has 2 saturated carbocycles. The van der Waals surface area contributed by atoms with E-state index in [1.807, 2.05) is 6.08 Å². The Labute approximate surface area is 133 Å². The van der Waals surface area contributed by atoms with Crippen molar-refractivity contribution in [2.75, 3.05) is 0 Å². The zero-order valence-corrected chi connectivity index (χ0v) is 13.4. The fraction of sp³-hybridized carbons (Fsp3) is 0.800. The summed E-state index contributed by atoms with van der Waals surface area (Å²) in [7, 11) is 0. The lowest BCUT2D eigenvalue weighted by Crippen LogP contribution is -2.63. The van der Waals surface area contributed by atoms with Crippen LogP contribution < -0.4 is 0 Å². The van der Waals surface area contributed by atoms with Crippen molar-refractivity contribution in [3.05, 3.63) is 12.0 Å². The molecule has 0 aromatic carbocycles. The highest BCUT2D eigenvalue weighted by Crippen LogP contribution is 2.48. The number of thioether (sulfide) groups is 1. The van der Waals surface area contributed by atoms with E-state index in [1.54, 1.807) is 11.8 Å². The molecule has 0 radical (unpaired) electrons. The van der Waals surface area contributed by atoms with Crippen LogP contribution in [0.4, 0.5) is 8.63 Å². The standard InChI is InChI=1S/C15H21BF2N2OS/c17-16(18)19-10-5-1-3-7-12(10)21-14(19)9-15-20(16)11-6-2-4-8-13(11)22-15/h9-13H,1-8H2. The van der Waals surface area contributed by atoms with Crippen molar-refractivity contribution in [2.45, 2.75) is 74.8 Å². The second kappa shape index (κ2) is 4.65. The van der Waals surface area contributed by atoms with E-state index in [2.05, 4.69) is 0 Å². The summed E-state index contributed by atoms with van der Waals surface area (Å²) in [5.41, 5.74) is 0. The Bertz CT molecular complexity index is 582. The molecule has 5 rings (SSSR count). The molecule has 0 aromatic heterocycles. The molecule has 0 amide bonds. The molecule has 0 bridgehead atoms. The van der Waals surface area contributed by atoms with E-state index in [0.29, 0.717) is 11.1 Å². The van der Waals surface area contributed by atoms with E-state index in [0.717, 1.165) is 50.0 Å². The first-order chi connectivity index (χ1) is 10.7.